The zero-order chi connectivity index (χ0) is 20.1. The standard InChI is InChI=1S/C27H36/c1-16(2)20-12-21(17(3)4)14-23(13-20)26-19(6)25(27(7,8)9)15-22-10-18(5)11-24(22)26/h10,12-17H,11H2,1-9H3. The molecule has 144 valence electrons. The quantitative estimate of drug-likeness (QED) is 0.518. The highest BCUT2D eigenvalue weighted by molar-refractivity contribution is 5.81. The van der Waals surface area contributed by atoms with Crippen LogP contribution in [0.5, 0.6) is 0 Å². The smallest absolute Gasteiger partial charge is 0.00543 e. The topological polar surface area (TPSA) is 0 Å². The molecule has 0 saturated carbocycles. The summed E-state index contributed by atoms with van der Waals surface area (Å²) in [5.41, 5.74) is 13.3. The van der Waals surface area contributed by atoms with E-state index in [9.17, 15) is 0 Å². The number of rotatable bonds is 3. The van der Waals surface area contributed by atoms with Gasteiger partial charge in [0.05, 0.1) is 0 Å². The lowest BCUT2D eigenvalue weighted by Crippen LogP contribution is -2.15. The van der Waals surface area contributed by atoms with Crippen LogP contribution in [0.1, 0.15) is 101 Å². The zero-order valence-electron chi connectivity index (χ0n) is 18.7. The maximum Gasteiger partial charge on any atom is -0.00543 e. The van der Waals surface area contributed by atoms with Crippen molar-refractivity contribution in [1.29, 1.82) is 0 Å². The summed E-state index contributed by atoms with van der Waals surface area (Å²) in [5.74, 6) is 1.09. The molecule has 0 heteroatoms. The minimum atomic E-state index is 0.148. The Morgan fingerprint density at radius 3 is 1.85 bits per heavy atom. The summed E-state index contributed by atoms with van der Waals surface area (Å²) < 4.78 is 0. The average Bonchev–Trinajstić information content (AvgIpc) is 2.92. The third-order valence-corrected chi connectivity index (χ3v) is 5.99. The van der Waals surface area contributed by atoms with E-state index in [0.717, 1.165) is 6.42 Å². The van der Waals surface area contributed by atoms with Crippen molar-refractivity contribution in [3.8, 4) is 11.1 Å². The number of hydrogen-bond acceptors (Lipinski definition) is 0. The molecule has 1 aliphatic rings. The second-order valence-corrected chi connectivity index (χ2v) is 10.1. The van der Waals surface area contributed by atoms with Crippen LogP contribution in [0.25, 0.3) is 17.2 Å². The molecule has 0 nitrogen and oxygen atoms in total. The van der Waals surface area contributed by atoms with Gasteiger partial charge in [-0.05, 0) is 82.0 Å². The summed E-state index contributed by atoms with van der Waals surface area (Å²) in [6.07, 6.45) is 3.47. The lowest BCUT2D eigenvalue weighted by molar-refractivity contribution is 0.586. The Hall–Kier alpha value is -1.82. The molecule has 0 saturated heterocycles. The van der Waals surface area contributed by atoms with Crippen LogP contribution in [-0.2, 0) is 11.8 Å². The normalized spacial score (nSPS) is 14.1. The van der Waals surface area contributed by atoms with E-state index in [1.165, 1.54) is 50.1 Å². The van der Waals surface area contributed by atoms with Gasteiger partial charge in [0, 0.05) is 0 Å². The highest BCUT2D eigenvalue weighted by Crippen LogP contribution is 2.42. The monoisotopic (exact) mass is 360 g/mol. The van der Waals surface area contributed by atoms with E-state index in [4.69, 9.17) is 0 Å². The summed E-state index contributed by atoms with van der Waals surface area (Å²) in [4.78, 5) is 0. The van der Waals surface area contributed by atoms with Gasteiger partial charge < -0.3 is 0 Å². The number of fused-ring (bicyclic) bond motifs is 1. The molecule has 0 bridgehead atoms. The third kappa shape index (κ3) is 3.77. The molecule has 0 unspecified atom stereocenters. The fourth-order valence-electron chi connectivity index (χ4n) is 4.43. The SMILES string of the molecule is CC1=Cc2cc(C(C)(C)C)c(C)c(-c3cc(C(C)C)cc(C(C)C)c3)c2C1. The van der Waals surface area contributed by atoms with Gasteiger partial charge in [0.15, 0.2) is 0 Å². The number of allylic oxidation sites excluding steroid dienone is 1. The lowest BCUT2D eigenvalue weighted by atomic mass is 9.78. The van der Waals surface area contributed by atoms with Gasteiger partial charge in [-0.15, -0.1) is 0 Å². The first-order chi connectivity index (χ1) is 12.5. The van der Waals surface area contributed by atoms with Gasteiger partial charge in [0.2, 0.25) is 0 Å². The molecule has 3 rings (SSSR count). The fourth-order valence-corrected chi connectivity index (χ4v) is 4.43. The number of benzene rings is 2. The molecule has 0 N–H and O–H groups in total. The first-order valence-corrected chi connectivity index (χ1v) is 10.5. The van der Waals surface area contributed by atoms with Gasteiger partial charge in [-0.3, -0.25) is 0 Å². The van der Waals surface area contributed by atoms with Crippen LogP contribution in [-0.4, -0.2) is 0 Å². The van der Waals surface area contributed by atoms with Crippen molar-refractivity contribution in [2.45, 2.75) is 86.0 Å². The molecular formula is C27H36. The van der Waals surface area contributed by atoms with Crippen LogP contribution < -0.4 is 0 Å². The molecule has 0 spiro atoms. The van der Waals surface area contributed by atoms with Gasteiger partial charge in [-0.25, -0.2) is 0 Å². The van der Waals surface area contributed by atoms with Crippen molar-refractivity contribution in [2.24, 2.45) is 0 Å². The summed E-state index contributed by atoms with van der Waals surface area (Å²) >= 11 is 0. The molecule has 27 heavy (non-hydrogen) atoms. The molecule has 0 atom stereocenters. The van der Waals surface area contributed by atoms with E-state index in [1.54, 1.807) is 0 Å². The van der Waals surface area contributed by atoms with Crippen LogP contribution in [0, 0.1) is 6.92 Å². The Morgan fingerprint density at radius 1 is 0.815 bits per heavy atom. The Balaban J connectivity index is 2.34. The van der Waals surface area contributed by atoms with E-state index < -0.39 is 0 Å². The van der Waals surface area contributed by atoms with E-state index in [1.807, 2.05) is 0 Å². The van der Waals surface area contributed by atoms with Gasteiger partial charge >= 0.3 is 0 Å². The van der Waals surface area contributed by atoms with Crippen molar-refractivity contribution in [2.75, 3.05) is 0 Å². The minimum Gasteiger partial charge on any atom is -0.0683 e. The average molecular weight is 361 g/mol. The highest BCUT2D eigenvalue weighted by atomic mass is 14.3. The van der Waals surface area contributed by atoms with Crippen LogP contribution in [0.3, 0.4) is 0 Å². The molecule has 0 heterocycles. The van der Waals surface area contributed by atoms with Crippen molar-refractivity contribution in [3.05, 3.63) is 63.2 Å². The fraction of sp³-hybridized carbons (Fsp3) is 0.481. The zero-order valence-corrected chi connectivity index (χ0v) is 18.7. The van der Waals surface area contributed by atoms with E-state index >= 15 is 0 Å². The predicted octanol–water partition coefficient (Wildman–Crippen LogP) is 8.17. The lowest BCUT2D eigenvalue weighted by Gasteiger charge is -2.27. The first-order valence-electron chi connectivity index (χ1n) is 10.5. The largest absolute Gasteiger partial charge is 0.0683 e. The van der Waals surface area contributed by atoms with Crippen LogP contribution >= 0.6 is 0 Å². The summed E-state index contributed by atoms with van der Waals surface area (Å²) in [7, 11) is 0. The molecule has 2 aromatic carbocycles. The maximum absolute atomic E-state index is 2.44. The Bertz CT molecular complexity index is 872. The van der Waals surface area contributed by atoms with Gasteiger partial charge in [0.25, 0.3) is 0 Å². The second kappa shape index (κ2) is 6.97. The Labute approximate surface area is 166 Å². The second-order valence-electron chi connectivity index (χ2n) is 10.1. The van der Waals surface area contributed by atoms with E-state index in [0.29, 0.717) is 11.8 Å². The molecular weight excluding hydrogens is 324 g/mol. The molecule has 0 amide bonds. The van der Waals surface area contributed by atoms with Gasteiger partial charge in [-0.1, -0.05) is 84.4 Å². The molecule has 0 fully saturated rings. The van der Waals surface area contributed by atoms with Crippen LogP contribution in [0.15, 0.2) is 29.8 Å². The summed E-state index contributed by atoms with van der Waals surface area (Å²) in [6.45, 7) is 20.8. The van der Waals surface area contributed by atoms with Crippen LogP contribution in [0.2, 0.25) is 0 Å². The molecule has 0 aromatic heterocycles. The van der Waals surface area contributed by atoms with Crippen molar-refractivity contribution in [1.82, 2.24) is 0 Å². The Morgan fingerprint density at radius 2 is 1.37 bits per heavy atom. The molecule has 1 aliphatic carbocycles. The first kappa shape index (κ1) is 19.9. The number of hydrogen-bond donors (Lipinski definition) is 0. The molecule has 0 aliphatic heterocycles. The minimum absolute atomic E-state index is 0.148. The molecule has 0 radical (unpaired) electrons. The predicted molar refractivity (Wildman–Crippen MR) is 121 cm³/mol. The third-order valence-electron chi connectivity index (χ3n) is 5.99. The summed E-state index contributed by atoms with van der Waals surface area (Å²) in [6, 6.07) is 9.74. The van der Waals surface area contributed by atoms with Crippen molar-refractivity contribution >= 4 is 6.08 Å². The van der Waals surface area contributed by atoms with E-state index in [2.05, 4.69) is 92.7 Å². The van der Waals surface area contributed by atoms with Gasteiger partial charge in [0.1, 0.15) is 0 Å². The van der Waals surface area contributed by atoms with E-state index in [-0.39, 0.29) is 5.41 Å². The Kier molecular flexibility index (Phi) is 5.14. The van der Waals surface area contributed by atoms with Crippen molar-refractivity contribution < 1.29 is 0 Å². The molecule has 2 aromatic rings. The van der Waals surface area contributed by atoms with Crippen molar-refractivity contribution in [3.63, 3.8) is 0 Å². The summed E-state index contributed by atoms with van der Waals surface area (Å²) in [5, 5.41) is 0. The maximum atomic E-state index is 2.44. The van der Waals surface area contributed by atoms with Crippen LogP contribution in [0.4, 0.5) is 0 Å². The highest BCUT2D eigenvalue weighted by Gasteiger charge is 2.25. The van der Waals surface area contributed by atoms with Gasteiger partial charge in [-0.2, -0.15) is 0 Å².